The topological polar surface area (TPSA) is 44.1 Å². The molecule has 4 aliphatic rings. The summed E-state index contributed by atoms with van der Waals surface area (Å²) in [6, 6.07) is 6.58. The number of fused-ring (bicyclic) bond motifs is 5. The Balaban J connectivity index is 1.47. The third-order valence-electron chi connectivity index (χ3n) is 11.3. The summed E-state index contributed by atoms with van der Waals surface area (Å²) in [6.45, 7) is 14.1. The molecule has 4 aliphatic carbocycles. The van der Waals surface area contributed by atoms with Crippen LogP contribution in [-0.4, -0.2) is 22.4 Å². The molecule has 0 saturated heterocycles. The quantitative estimate of drug-likeness (QED) is 0.451. The summed E-state index contributed by atoms with van der Waals surface area (Å²) in [7, 11) is 0. The number of nitrogens with zero attached hydrogens (tertiary/aromatic N) is 2. The Morgan fingerprint density at radius 3 is 2.49 bits per heavy atom. The molecule has 1 aromatic heterocycles. The van der Waals surface area contributed by atoms with Crippen molar-refractivity contribution in [3.05, 3.63) is 46.8 Å². The minimum Gasteiger partial charge on any atom is -0.466 e. The van der Waals surface area contributed by atoms with Gasteiger partial charge in [-0.05, 0) is 101 Å². The van der Waals surface area contributed by atoms with E-state index in [0.29, 0.717) is 18.4 Å². The summed E-state index contributed by atoms with van der Waals surface area (Å²) in [6.07, 6.45) is 11.6. The monoisotopic (exact) mass is 474 g/mol. The average molecular weight is 475 g/mol. The molecule has 3 saturated carbocycles. The van der Waals surface area contributed by atoms with Crippen molar-refractivity contribution in [1.29, 1.82) is 0 Å². The molecule has 0 radical (unpaired) electrons. The molecule has 2 aromatic rings. The van der Waals surface area contributed by atoms with Crippen LogP contribution in [0.25, 0.3) is 5.69 Å². The average Bonchev–Trinajstić information content (AvgIpc) is 3.31. The van der Waals surface area contributed by atoms with Crippen LogP contribution in [0, 0.1) is 36.5 Å². The summed E-state index contributed by atoms with van der Waals surface area (Å²) < 4.78 is 7.98. The van der Waals surface area contributed by atoms with Crippen LogP contribution >= 0.6 is 0 Å². The van der Waals surface area contributed by atoms with E-state index in [1.807, 2.05) is 6.92 Å². The van der Waals surface area contributed by atoms with E-state index in [-0.39, 0.29) is 27.6 Å². The number of rotatable bonds is 3. The molecule has 0 N–H and O–H groups in total. The lowest BCUT2D eigenvalue weighted by Crippen LogP contribution is -2.60. The summed E-state index contributed by atoms with van der Waals surface area (Å²) in [4.78, 5) is 13.3. The van der Waals surface area contributed by atoms with Crippen molar-refractivity contribution in [3.63, 3.8) is 0 Å². The van der Waals surface area contributed by atoms with Gasteiger partial charge in [-0.25, -0.2) is 4.68 Å². The number of aromatic nitrogens is 2. The maximum absolute atomic E-state index is 13.3. The molecule has 3 fully saturated rings. The molecule has 35 heavy (non-hydrogen) atoms. The van der Waals surface area contributed by atoms with E-state index < -0.39 is 0 Å². The standard InChI is InChI=1S/C31H42N2O2/c1-7-35-27(34)30(6)15-9-14-29(5)23(30)13-17-31-19-28(4,16-12-24(29)31)26-22(31)18-32-33(26)25-20(2)10-8-11-21(25)3/h8,10-11,18,23-24H,7,9,12-17,19H2,1-6H3/t23-,24-,28-,29+,30+,31+/m0/s1. The van der Waals surface area contributed by atoms with E-state index in [9.17, 15) is 4.79 Å². The third-order valence-corrected chi connectivity index (χ3v) is 11.3. The molecule has 4 nitrogen and oxygen atoms in total. The van der Waals surface area contributed by atoms with Gasteiger partial charge >= 0.3 is 5.97 Å². The van der Waals surface area contributed by atoms with Crippen LogP contribution in [-0.2, 0) is 20.4 Å². The van der Waals surface area contributed by atoms with E-state index >= 15 is 0 Å². The van der Waals surface area contributed by atoms with Gasteiger partial charge in [0.15, 0.2) is 0 Å². The van der Waals surface area contributed by atoms with Crippen molar-refractivity contribution >= 4 is 5.97 Å². The second-order valence-electron chi connectivity index (χ2n) is 13.1. The second kappa shape index (κ2) is 7.46. The number of para-hydroxylation sites is 1. The number of ether oxygens (including phenoxy) is 1. The number of carbonyl (C=O) groups is 1. The van der Waals surface area contributed by atoms with Gasteiger partial charge in [0.1, 0.15) is 0 Å². The first-order valence-electron chi connectivity index (χ1n) is 13.9. The Hall–Kier alpha value is -2.10. The third kappa shape index (κ3) is 2.86. The van der Waals surface area contributed by atoms with E-state index in [2.05, 4.69) is 63.7 Å². The van der Waals surface area contributed by atoms with Gasteiger partial charge in [0.05, 0.1) is 29.6 Å². The lowest BCUT2D eigenvalue weighted by atomic mass is 9.40. The van der Waals surface area contributed by atoms with Gasteiger partial charge in [-0.2, -0.15) is 5.10 Å². The molecule has 0 amide bonds. The van der Waals surface area contributed by atoms with Crippen molar-refractivity contribution in [3.8, 4) is 5.69 Å². The van der Waals surface area contributed by atoms with E-state index in [0.717, 1.165) is 19.3 Å². The molecule has 188 valence electrons. The zero-order valence-corrected chi connectivity index (χ0v) is 22.5. The van der Waals surface area contributed by atoms with E-state index in [1.165, 1.54) is 60.2 Å². The van der Waals surface area contributed by atoms with Crippen LogP contribution in [0.3, 0.4) is 0 Å². The summed E-state index contributed by atoms with van der Waals surface area (Å²) >= 11 is 0. The van der Waals surface area contributed by atoms with Crippen molar-refractivity contribution in [1.82, 2.24) is 9.78 Å². The van der Waals surface area contributed by atoms with Crippen LogP contribution in [0.15, 0.2) is 24.4 Å². The minimum absolute atomic E-state index is 0.0440. The Morgan fingerprint density at radius 1 is 1.06 bits per heavy atom. The van der Waals surface area contributed by atoms with Crippen molar-refractivity contribution in [2.24, 2.45) is 22.7 Å². The largest absolute Gasteiger partial charge is 0.466 e. The van der Waals surface area contributed by atoms with Crippen LogP contribution in [0.2, 0.25) is 0 Å². The molecule has 2 bridgehead atoms. The number of hydrogen-bond acceptors (Lipinski definition) is 3. The highest BCUT2D eigenvalue weighted by Crippen LogP contribution is 2.73. The maximum atomic E-state index is 13.3. The van der Waals surface area contributed by atoms with Crippen LogP contribution in [0.5, 0.6) is 0 Å². The smallest absolute Gasteiger partial charge is 0.312 e. The molecule has 6 atom stereocenters. The van der Waals surface area contributed by atoms with Crippen molar-refractivity contribution in [2.75, 3.05) is 6.61 Å². The van der Waals surface area contributed by atoms with Crippen molar-refractivity contribution < 1.29 is 9.53 Å². The SMILES string of the molecule is CCOC(=O)[C@]1(C)CCC[C@@]2(C)[C@@H]3CC[C@@]4(C)C[C@]3(CC[C@@H]21)c1cnn(-c2c(C)cccc2C)c14. The van der Waals surface area contributed by atoms with Gasteiger partial charge in [-0.1, -0.05) is 38.5 Å². The van der Waals surface area contributed by atoms with Gasteiger partial charge in [-0.15, -0.1) is 0 Å². The molecular weight excluding hydrogens is 432 g/mol. The normalized spacial score (nSPS) is 39.5. The zero-order chi connectivity index (χ0) is 24.8. The Labute approximate surface area is 210 Å². The molecule has 1 aromatic carbocycles. The number of benzene rings is 1. The second-order valence-corrected chi connectivity index (χ2v) is 13.1. The molecule has 0 aliphatic heterocycles. The number of hydrogen-bond donors (Lipinski definition) is 0. The lowest BCUT2D eigenvalue weighted by molar-refractivity contribution is -0.180. The summed E-state index contributed by atoms with van der Waals surface area (Å²) in [5, 5.41) is 5.09. The van der Waals surface area contributed by atoms with Crippen LogP contribution in [0.1, 0.15) is 101 Å². The lowest BCUT2D eigenvalue weighted by Gasteiger charge is -2.64. The highest BCUT2D eigenvalue weighted by Gasteiger charge is 2.68. The first-order valence-corrected chi connectivity index (χ1v) is 13.9. The van der Waals surface area contributed by atoms with Gasteiger partial charge in [0.25, 0.3) is 0 Å². The number of aryl methyl sites for hydroxylation is 2. The molecule has 0 unspecified atom stereocenters. The van der Waals surface area contributed by atoms with Crippen LogP contribution in [0.4, 0.5) is 0 Å². The molecule has 1 spiro atoms. The fourth-order valence-corrected chi connectivity index (χ4v) is 10.0. The predicted molar refractivity (Wildman–Crippen MR) is 139 cm³/mol. The predicted octanol–water partition coefficient (Wildman–Crippen LogP) is 6.97. The van der Waals surface area contributed by atoms with Crippen LogP contribution < -0.4 is 0 Å². The fraction of sp³-hybridized carbons (Fsp3) is 0.677. The fourth-order valence-electron chi connectivity index (χ4n) is 10.0. The summed E-state index contributed by atoms with van der Waals surface area (Å²) in [5.74, 6) is 1.05. The molecule has 1 heterocycles. The molecule has 4 heteroatoms. The van der Waals surface area contributed by atoms with E-state index in [4.69, 9.17) is 9.84 Å². The minimum atomic E-state index is -0.352. The Bertz CT molecular complexity index is 1180. The zero-order valence-electron chi connectivity index (χ0n) is 22.5. The summed E-state index contributed by atoms with van der Waals surface area (Å²) in [5.41, 5.74) is 7.02. The first kappa shape index (κ1) is 23.3. The highest BCUT2D eigenvalue weighted by atomic mass is 16.5. The van der Waals surface area contributed by atoms with Gasteiger partial charge in [-0.3, -0.25) is 4.79 Å². The van der Waals surface area contributed by atoms with Gasteiger partial charge in [0.2, 0.25) is 0 Å². The van der Waals surface area contributed by atoms with Gasteiger partial charge in [0, 0.05) is 16.4 Å². The maximum Gasteiger partial charge on any atom is 0.312 e. The molecular formula is C31H42N2O2. The number of esters is 1. The number of carbonyl (C=O) groups excluding carboxylic acids is 1. The van der Waals surface area contributed by atoms with Gasteiger partial charge < -0.3 is 4.74 Å². The van der Waals surface area contributed by atoms with E-state index in [1.54, 1.807) is 0 Å². The Kier molecular flexibility index (Phi) is 4.97. The van der Waals surface area contributed by atoms with Crippen molar-refractivity contribution in [2.45, 2.75) is 104 Å². The molecule has 6 rings (SSSR count). The Morgan fingerprint density at radius 2 is 1.77 bits per heavy atom. The first-order chi connectivity index (χ1) is 16.6. The highest BCUT2D eigenvalue weighted by molar-refractivity contribution is 5.77.